The van der Waals surface area contributed by atoms with Gasteiger partial charge in [-0.15, -0.1) is 0 Å². The van der Waals surface area contributed by atoms with Crippen molar-refractivity contribution in [2.45, 2.75) is 0 Å². The molecule has 0 saturated carbocycles. The molecule has 0 unspecified atom stereocenters. The number of hydrogen-bond acceptors (Lipinski definition) is 5. The Bertz CT molecular complexity index is 1080. The van der Waals surface area contributed by atoms with Crippen LogP contribution < -0.4 is 10.2 Å². The van der Waals surface area contributed by atoms with Crippen molar-refractivity contribution in [1.82, 2.24) is 10.3 Å². The molecule has 7 nitrogen and oxygen atoms in total. The Kier molecular flexibility index (Phi) is 6.54. The molecule has 4 rings (SSSR count). The molecule has 158 valence electrons. The van der Waals surface area contributed by atoms with Gasteiger partial charge >= 0.3 is 0 Å². The van der Waals surface area contributed by atoms with Crippen molar-refractivity contribution in [2.24, 2.45) is 5.10 Å². The molecular formula is C24H23N3O4. The number of rotatable bonds is 6. The molecule has 0 aliphatic carbocycles. The van der Waals surface area contributed by atoms with Gasteiger partial charge in [-0.3, -0.25) is 9.59 Å². The highest BCUT2D eigenvalue weighted by Crippen LogP contribution is 2.18. The van der Waals surface area contributed by atoms with Crippen LogP contribution in [0.2, 0.25) is 0 Å². The van der Waals surface area contributed by atoms with Gasteiger partial charge in [0.25, 0.3) is 11.8 Å². The molecule has 31 heavy (non-hydrogen) atoms. The van der Waals surface area contributed by atoms with Gasteiger partial charge in [-0.2, -0.15) is 5.10 Å². The van der Waals surface area contributed by atoms with Crippen molar-refractivity contribution in [2.75, 3.05) is 32.9 Å². The minimum absolute atomic E-state index is 0.00543. The van der Waals surface area contributed by atoms with Gasteiger partial charge in [0.15, 0.2) is 6.61 Å². The first-order valence-electron chi connectivity index (χ1n) is 10.1. The number of nitrogens with zero attached hydrogens (tertiary/aromatic N) is 2. The summed E-state index contributed by atoms with van der Waals surface area (Å²) in [6, 6.07) is 20.5. The van der Waals surface area contributed by atoms with E-state index in [1.165, 1.54) is 0 Å². The van der Waals surface area contributed by atoms with Crippen molar-refractivity contribution in [3.05, 3.63) is 77.9 Å². The van der Waals surface area contributed by atoms with Crippen molar-refractivity contribution in [1.29, 1.82) is 0 Å². The van der Waals surface area contributed by atoms with Crippen molar-refractivity contribution in [3.63, 3.8) is 0 Å². The van der Waals surface area contributed by atoms with Gasteiger partial charge in [0, 0.05) is 18.7 Å². The van der Waals surface area contributed by atoms with Crippen LogP contribution in [-0.2, 0) is 9.53 Å². The summed E-state index contributed by atoms with van der Waals surface area (Å²) in [4.78, 5) is 26.4. The number of carbonyl (C=O) groups excluding carboxylic acids is 2. The lowest BCUT2D eigenvalue weighted by Crippen LogP contribution is -2.42. The monoisotopic (exact) mass is 417 g/mol. The Morgan fingerprint density at radius 1 is 1.00 bits per heavy atom. The molecule has 3 aromatic carbocycles. The van der Waals surface area contributed by atoms with E-state index < -0.39 is 0 Å². The number of hydrogen-bond donors (Lipinski definition) is 1. The normalized spacial score (nSPS) is 14.0. The number of amides is 2. The average Bonchev–Trinajstić information content (AvgIpc) is 2.83. The fraction of sp³-hybridized carbons (Fsp3) is 0.208. The standard InChI is InChI=1S/C24H23N3O4/c28-23(27-12-14-30-15-13-27)17-31-20-10-8-18(9-11-20)16-25-26-24(29)22-7-3-5-19-4-1-2-6-21(19)22/h1-11,16H,12-15,17H2,(H,26,29)/b25-16-. The minimum atomic E-state index is -0.269. The number of fused-ring (bicyclic) bond motifs is 1. The first-order chi connectivity index (χ1) is 15.2. The molecule has 0 spiro atoms. The highest BCUT2D eigenvalue weighted by molar-refractivity contribution is 6.07. The Morgan fingerprint density at radius 2 is 1.74 bits per heavy atom. The second-order valence-electron chi connectivity index (χ2n) is 7.08. The third kappa shape index (κ3) is 5.26. The zero-order chi connectivity index (χ0) is 21.5. The van der Waals surface area contributed by atoms with E-state index in [2.05, 4.69) is 10.5 Å². The zero-order valence-corrected chi connectivity index (χ0v) is 17.0. The summed E-state index contributed by atoms with van der Waals surface area (Å²) in [7, 11) is 0. The third-order valence-corrected chi connectivity index (χ3v) is 5.02. The van der Waals surface area contributed by atoms with E-state index in [4.69, 9.17) is 9.47 Å². The highest BCUT2D eigenvalue weighted by Gasteiger charge is 2.17. The largest absolute Gasteiger partial charge is 0.484 e. The van der Waals surface area contributed by atoms with Crippen molar-refractivity contribution < 1.29 is 19.1 Å². The summed E-state index contributed by atoms with van der Waals surface area (Å²) in [6.07, 6.45) is 1.56. The quantitative estimate of drug-likeness (QED) is 0.494. The van der Waals surface area contributed by atoms with Crippen LogP contribution in [-0.4, -0.2) is 55.8 Å². The molecule has 7 heteroatoms. The SMILES string of the molecule is O=C(N/N=C\c1ccc(OCC(=O)N2CCOCC2)cc1)c1cccc2ccccc12. The maximum atomic E-state index is 12.5. The predicted molar refractivity (Wildman–Crippen MR) is 118 cm³/mol. The summed E-state index contributed by atoms with van der Waals surface area (Å²) in [5.74, 6) is 0.276. The lowest BCUT2D eigenvalue weighted by molar-refractivity contribution is -0.137. The molecule has 1 N–H and O–H groups in total. The third-order valence-electron chi connectivity index (χ3n) is 5.02. The van der Waals surface area contributed by atoms with Crippen LogP contribution in [0.1, 0.15) is 15.9 Å². The molecule has 2 amide bonds. The fourth-order valence-corrected chi connectivity index (χ4v) is 3.35. The second kappa shape index (κ2) is 9.86. The smallest absolute Gasteiger partial charge is 0.271 e. The Morgan fingerprint density at radius 3 is 2.55 bits per heavy atom. The molecular weight excluding hydrogens is 394 g/mol. The Balaban J connectivity index is 1.30. The first kappa shape index (κ1) is 20.6. The van der Waals surface area contributed by atoms with Crippen LogP contribution in [0.5, 0.6) is 5.75 Å². The summed E-state index contributed by atoms with van der Waals surface area (Å²) in [6.45, 7) is 2.33. The number of ether oxygens (including phenoxy) is 2. The van der Waals surface area contributed by atoms with Gasteiger partial charge in [0.05, 0.1) is 19.4 Å². The zero-order valence-electron chi connectivity index (χ0n) is 17.0. The Labute approximate surface area is 180 Å². The van der Waals surface area contributed by atoms with Crippen LogP contribution >= 0.6 is 0 Å². The van der Waals surface area contributed by atoms with E-state index in [1.807, 2.05) is 48.5 Å². The first-order valence-corrected chi connectivity index (χ1v) is 10.1. The van der Waals surface area contributed by atoms with Crippen LogP contribution in [0, 0.1) is 0 Å². The van der Waals surface area contributed by atoms with Crippen LogP contribution in [0.15, 0.2) is 71.8 Å². The molecule has 0 aromatic heterocycles. The van der Waals surface area contributed by atoms with Gasteiger partial charge in [0.2, 0.25) is 0 Å². The Hall–Kier alpha value is -3.71. The molecule has 1 aliphatic rings. The number of hydrazone groups is 1. The summed E-state index contributed by atoms with van der Waals surface area (Å²) >= 11 is 0. The number of carbonyl (C=O) groups is 2. The summed E-state index contributed by atoms with van der Waals surface area (Å²) < 4.78 is 10.8. The molecule has 1 heterocycles. The molecule has 0 atom stereocenters. The maximum absolute atomic E-state index is 12.5. The lowest BCUT2D eigenvalue weighted by Gasteiger charge is -2.26. The van der Waals surface area contributed by atoms with Crippen LogP contribution in [0.3, 0.4) is 0 Å². The molecule has 1 fully saturated rings. The predicted octanol–water partition coefficient (Wildman–Crippen LogP) is 2.84. The van der Waals surface area contributed by atoms with Gasteiger partial charge in [-0.05, 0) is 46.7 Å². The van der Waals surface area contributed by atoms with E-state index in [9.17, 15) is 9.59 Å². The van der Waals surface area contributed by atoms with Crippen LogP contribution in [0.25, 0.3) is 10.8 Å². The van der Waals surface area contributed by atoms with Gasteiger partial charge in [0.1, 0.15) is 5.75 Å². The number of morpholine rings is 1. The van der Waals surface area contributed by atoms with Crippen molar-refractivity contribution in [3.8, 4) is 5.75 Å². The summed E-state index contributed by atoms with van der Waals surface area (Å²) in [5, 5.41) is 5.93. The molecule has 3 aromatic rings. The van der Waals surface area contributed by atoms with Crippen LogP contribution in [0.4, 0.5) is 0 Å². The minimum Gasteiger partial charge on any atom is -0.484 e. The highest BCUT2D eigenvalue weighted by atomic mass is 16.5. The van der Waals surface area contributed by atoms with E-state index in [1.54, 1.807) is 29.3 Å². The van der Waals surface area contributed by atoms with E-state index >= 15 is 0 Å². The van der Waals surface area contributed by atoms with Gasteiger partial charge in [-0.1, -0.05) is 36.4 Å². The second-order valence-corrected chi connectivity index (χ2v) is 7.08. The maximum Gasteiger partial charge on any atom is 0.271 e. The molecule has 1 aliphatic heterocycles. The van der Waals surface area contributed by atoms with Crippen molar-refractivity contribution >= 4 is 28.8 Å². The van der Waals surface area contributed by atoms with E-state index in [0.717, 1.165) is 16.3 Å². The van der Waals surface area contributed by atoms with Gasteiger partial charge < -0.3 is 14.4 Å². The lowest BCUT2D eigenvalue weighted by atomic mass is 10.0. The molecule has 0 bridgehead atoms. The average molecular weight is 417 g/mol. The fourth-order valence-electron chi connectivity index (χ4n) is 3.35. The molecule has 0 radical (unpaired) electrons. The molecule has 1 saturated heterocycles. The topological polar surface area (TPSA) is 80.2 Å². The van der Waals surface area contributed by atoms with Gasteiger partial charge in [-0.25, -0.2) is 5.43 Å². The van der Waals surface area contributed by atoms with E-state index in [-0.39, 0.29) is 18.4 Å². The number of benzene rings is 3. The van der Waals surface area contributed by atoms with E-state index in [0.29, 0.717) is 37.6 Å². The number of nitrogens with one attached hydrogen (secondary N) is 1. The summed E-state index contributed by atoms with van der Waals surface area (Å²) in [5.41, 5.74) is 3.94.